The van der Waals surface area contributed by atoms with E-state index < -0.39 is 0 Å². The average Bonchev–Trinajstić information content (AvgIpc) is 3.38. The van der Waals surface area contributed by atoms with Crippen molar-refractivity contribution in [1.82, 2.24) is 0 Å². The molecule has 0 aromatic heterocycles. The van der Waals surface area contributed by atoms with Crippen molar-refractivity contribution >= 4 is 23.4 Å². The smallest absolute Gasteiger partial charge is 0.0564 e. The molecule has 5 aliphatic carbocycles. The van der Waals surface area contributed by atoms with Crippen LogP contribution in [0.3, 0.4) is 0 Å². The van der Waals surface area contributed by atoms with Crippen molar-refractivity contribution in [3.05, 3.63) is 94.5 Å². The van der Waals surface area contributed by atoms with Gasteiger partial charge in [0.2, 0.25) is 0 Å². The quantitative estimate of drug-likeness (QED) is 0.307. The lowest BCUT2D eigenvalue weighted by atomic mass is 9.54. The Labute approximate surface area is 207 Å². The summed E-state index contributed by atoms with van der Waals surface area (Å²) in [6.07, 6.45) is 26.6. The van der Waals surface area contributed by atoms with Crippen LogP contribution < -0.4 is 0 Å². The van der Waals surface area contributed by atoms with E-state index in [1.54, 1.807) is 16.7 Å². The Balaban J connectivity index is 1.46. The summed E-state index contributed by atoms with van der Waals surface area (Å²) in [6, 6.07) is 11.7. The fourth-order valence-corrected chi connectivity index (χ4v) is 10.5. The molecule has 8 unspecified atom stereocenters. The molecular formula is C31H33ClS. The molecule has 7 rings (SSSR count). The summed E-state index contributed by atoms with van der Waals surface area (Å²) in [6.45, 7) is 0. The summed E-state index contributed by atoms with van der Waals surface area (Å²) >= 11 is 8.64. The largest absolute Gasteiger partial charge is 0.118 e. The Morgan fingerprint density at radius 1 is 0.970 bits per heavy atom. The van der Waals surface area contributed by atoms with Gasteiger partial charge < -0.3 is 0 Å². The lowest BCUT2D eigenvalue weighted by Gasteiger charge is -2.49. The van der Waals surface area contributed by atoms with E-state index in [-0.39, 0.29) is 10.8 Å². The Morgan fingerprint density at radius 2 is 1.85 bits per heavy atom. The average molecular weight is 473 g/mol. The van der Waals surface area contributed by atoms with Crippen LogP contribution in [0.15, 0.2) is 88.9 Å². The van der Waals surface area contributed by atoms with Gasteiger partial charge in [-0.15, -0.1) is 23.4 Å². The second-order valence-corrected chi connectivity index (χ2v) is 12.8. The zero-order valence-electron chi connectivity index (χ0n) is 19.2. The topological polar surface area (TPSA) is 0 Å². The molecule has 2 heteroatoms. The highest BCUT2D eigenvalue weighted by atomic mass is 35.5. The molecule has 0 nitrogen and oxygen atoms in total. The van der Waals surface area contributed by atoms with Crippen molar-refractivity contribution in [3.63, 3.8) is 0 Å². The van der Waals surface area contributed by atoms with Crippen molar-refractivity contribution in [1.29, 1.82) is 0 Å². The second kappa shape index (κ2) is 8.06. The summed E-state index contributed by atoms with van der Waals surface area (Å²) in [4.78, 5) is 1.45. The first-order chi connectivity index (χ1) is 16.3. The van der Waals surface area contributed by atoms with E-state index in [1.807, 2.05) is 0 Å². The van der Waals surface area contributed by atoms with Gasteiger partial charge in [0.15, 0.2) is 0 Å². The number of thioether (sulfide) groups is 1. The van der Waals surface area contributed by atoms with Gasteiger partial charge in [0.05, 0.1) is 5.38 Å². The van der Waals surface area contributed by atoms with Gasteiger partial charge in [-0.05, 0) is 66.9 Å². The minimum atomic E-state index is 0.151. The summed E-state index contributed by atoms with van der Waals surface area (Å²) in [5, 5.41) is 0.670. The van der Waals surface area contributed by atoms with Gasteiger partial charge in [0, 0.05) is 21.5 Å². The summed E-state index contributed by atoms with van der Waals surface area (Å²) < 4.78 is 0. The summed E-state index contributed by atoms with van der Waals surface area (Å²) in [5.74, 6) is 3.56. The third-order valence-electron chi connectivity index (χ3n) is 9.70. The molecule has 8 atom stereocenters. The number of hydrogen-bond donors (Lipinski definition) is 0. The molecule has 1 heterocycles. The number of alkyl halides is 1. The predicted octanol–water partition coefficient (Wildman–Crippen LogP) is 8.38. The van der Waals surface area contributed by atoms with Gasteiger partial charge in [-0.25, -0.2) is 0 Å². The van der Waals surface area contributed by atoms with Crippen LogP contribution in [0.2, 0.25) is 0 Å². The first kappa shape index (κ1) is 20.9. The lowest BCUT2D eigenvalue weighted by molar-refractivity contribution is 0.193. The standard InChI is InChI=1S/C31H33ClS/c32-21-17-18-24-29(19-21)33-28-16-8-15-27(30(24)28)31(20-9-2-1-3-10-20)25-13-6-4-11-22(25)23-12-5-7-14-26(23)31/h1-4,8-11,15-16,18-19,21-23,25-26,28,30H,5-7,12-14,17H2. The van der Waals surface area contributed by atoms with E-state index in [4.69, 9.17) is 11.6 Å². The minimum absolute atomic E-state index is 0.151. The zero-order valence-corrected chi connectivity index (χ0v) is 20.8. The maximum Gasteiger partial charge on any atom is 0.0564 e. The second-order valence-electron chi connectivity index (χ2n) is 11.0. The van der Waals surface area contributed by atoms with E-state index in [2.05, 4.69) is 84.6 Å². The number of halogens is 1. The first-order valence-electron chi connectivity index (χ1n) is 13.1. The summed E-state index contributed by atoms with van der Waals surface area (Å²) in [5.41, 5.74) is 5.06. The molecule has 1 aliphatic heterocycles. The Hall–Kier alpha value is -1.44. The van der Waals surface area contributed by atoms with E-state index in [1.165, 1.54) is 43.4 Å². The molecule has 0 amide bonds. The van der Waals surface area contributed by atoms with Crippen LogP contribution in [0.1, 0.15) is 50.5 Å². The highest BCUT2D eigenvalue weighted by Gasteiger charge is 2.63. The van der Waals surface area contributed by atoms with Gasteiger partial charge in [-0.2, -0.15) is 0 Å². The fraction of sp³-hybridized carbons (Fsp3) is 0.484. The maximum atomic E-state index is 6.58. The molecule has 6 aliphatic rings. The van der Waals surface area contributed by atoms with Crippen LogP contribution in [0.4, 0.5) is 0 Å². The van der Waals surface area contributed by atoms with E-state index in [9.17, 15) is 0 Å². The third kappa shape index (κ3) is 2.97. The van der Waals surface area contributed by atoms with E-state index in [0.29, 0.717) is 11.2 Å². The highest BCUT2D eigenvalue weighted by Crippen LogP contribution is 2.69. The molecule has 3 fully saturated rings. The van der Waals surface area contributed by atoms with Crippen LogP contribution in [-0.4, -0.2) is 10.6 Å². The summed E-state index contributed by atoms with van der Waals surface area (Å²) in [7, 11) is 0. The molecule has 0 spiro atoms. The first-order valence-corrected chi connectivity index (χ1v) is 14.4. The van der Waals surface area contributed by atoms with E-state index in [0.717, 1.165) is 30.1 Å². The molecule has 1 saturated heterocycles. The number of rotatable bonds is 2. The zero-order chi connectivity index (χ0) is 22.0. The molecule has 1 aromatic carbocycles. The molecule has 1 aromatic rings. The normalized spacial score (nSPS) is 43.1. The van der Waals surface area contributed by atoms with Gasteiger partial charge >= 0.3 is 0 Å². The number of hydrogen-bond acceptors (Lipinski definition) is 1. The van der Waals surface area contributed by atoms with Gasteiger partial charge in [-0.1, -0.05) is 91.3 Å². The lowest BCUT2D eigenvalue weighted by Crippen LogP contribution is -2.45. The Bertz CT molecular complexity index is 1090. The number of allylic oxidation sites excluding steroid dienone is 8. The monoisotopic (exact) mass is 472 g/mol. The molecular weight excluding hydrogens is 440 g/mol. The minimum Gasteiger partial charge on any atom is -0.118 e. The van der Waals surface area contributed by atoms with Gasteiger partial charge in [-0.3, -0.25) is 0 Å². The van der Waals surface area contributed by atoms with Crippen molar-refractivity contribution in [2.24, 2.45) is 29.6 Å². The fourth-order valence-electron chi connectivity index (χ4n) is 8.74. The Kier molecular flexibility index (Phi) is 5.10. The molecule has 2 saturated carbocycles. The molecule has 33 heavy (non-hydrogen) atoms. The highest BCUT2D eigenvalue weighted by molar-refractivity contribution is 8.04. The van der Waals surface area contributed by atoms with Crippen LogP contribution in [0.25, 0.3) is 0 Å². The molecule has 0 N–H and O–H groups in total. The third-order valence-corrected chi connectivity index (χ3v) is 11.3. The maximum absolute atomic E-state index is 6.58. The predicted molar refractivity (Wildman–Crippen MR) is 141 cm³/mol. The van der Waals surface area contributed by atoms with E-state index >= 15 is 0 Å². The van der Waals surface area contributed by atoms with Crippen LogP contribution in [0.5, 0.6) is 0 Å². The molecule has 0 bridgehead atoms. The van der Waals surface area contributed by atoms with Gasteiger partial charge in [0.1, 0.15) is 0 Å². The van der Waals surface area contributed by atoms with Gasteiger partial charge in [0.25, 0.3) is 0 Å². The van der Waals surface area contributed by atoms with Crippen molar-refractivity contribution in [2.45, 2.75) is 61.0 Å². The molecule has 0 radical (unpaired) electrons. The van der Waals surface area contributed by atoms with Crippen molar-refractivity contribution in [3.8, 4) is 0 Å². The Morgan fingerprint density at radius 3 is 2.76 bits per heavy atom. The molecule has 170 valence electrons. The van der Waals surface area contributed by atoms with Crippen molar-refractivity contribution in [2.75, 3.05) is 0 Å². The SMILES string of the molecule is ClC1C=C2SC3C=CC=C(C4(c5ccccc5)C5CCC=CC5C5CCCCC54)C3C2=CC1. The van der Waals surface area contributed by atoms with Crippen LogP contribution in [0, 0.1) is 29.6 Å². The van der Waals surface area contributed by atoms with Crippen LogP contribution in [-0.2, 0) is 5.41 Å². The number of benzene rings is 1. The van der Waals surface area contributed by atoms with Crippen molar-refractivity contribution < 1.29 is 0 Å². The number of fused-ring (bicyclic) bond motifs is 6. The van der Waals surface area contributed by atoms with Crippen LogP contribution >= 0.6 is 23.4 Å².